The average molecular weight is 279 g/mol. The van der Waals surface area contributed by atoms with Gasteiger partial charge >= 0.3 is 7.12 Å². The summed E-state index contributed by atoms with van der Waals surface area (Å²) < 4.78 is 5.67. The van der Waals surface area contributed by atoms with E-state index in [1.807, 2.05) is 36.4 Å². The summed E-state index contributed by atoms with van der Waals surface area (Å²) in [6, 6.07) is 18.6. The molecule has 21 heavy (non-hydrogen) atoms. The van der Waals surface area contributed by atoms with Crippen molar-refractivity contribution in [3.8, 4) is 5.88 Å². The van der Waals surface area contributed by atoms with Crippen molar-refractivity contribution in [2.45, 2.75) is 6.61 Å². The van der Waals surface area contributed by atoms with Gasteiger partial charge in [0.2, 0.25) is 5.88 Å². The van der Waals surface area contributed by atoms with E-state index in [2.05, 4.69) is 4.98 Å². The van der Waals surface area contributed by atoms with Crippen molar-refractivity contribution in [1.82, 2.24) is 4.98 Å². The summed E-state index contributed by atoms with van der Waals surface area (Å²) in [6.07, 6.45) is 0. The molecular weight excluding hydrogens is 265 g/mol. The Morgan fingerprint density at radius 3 is 2.52 bits per heavy atom. The quantitative estimate of drug-likeness (QED) is 0.710. The molecule has 1 heterocycles. The van der Waals surface area contributed by atoms with Crippen LogP contribution in [0.1, 0.15) is 5.56 Å². The maximum absolute atomic E-state index is 9.16. The van der Waals surface area contributed by atoms with E-state index in [1.165, 1.54) is 0 Å². The third-order valence-electron chi connectivity index (χ3n) is 3.22. The van der Waals surface area contributed by atoms with E-state index in [0.717, 1.165) is 16.5 Å². The van der Waals surface area contributed by atoms with Crippen molar-refractivity contribution in [3.63, 3.8) is 0 Å². The molecule has 0 atom stereocenters. The van der Waals surface area contributed by atoms with Crippen molar-refractivity contribution in [3.05, 3.63) is 66.2 Å². The number of nitrogens with zero attached hydrogens (tertiary/aromatic N) is 1. The summed E-state index contributed by atoms with van der Waals surface area (Å²) in [5.41, 5.74) is 2.28. The molecule has 0 aliphatic heterocycles. The number of benzene rings is 2. The molecule has 0 saturated carbocycles. The maximum atomic E-state index is 9.16. The number of rotatable bonds is 4. The lowest BCUT2D eigenvalue weighted by atomic mass is 9.80. The Morgan fingerprint density at radius 2 is 1.76 bits per heavy atom. The monoisotopic (exact) mass is 279 g/mol. The highest BCUT2D eigenvalue weighted by Gasteiger charge is 2.11. The maximum Gasteiger partial charge on any atom is 0.488 e. The van der Waals surface area contributed by atoms with Gasteiger partial charge in [-0.05, 0) is 23.2 Å². The average Bonchev–Trinajstić information content (AvgIpc) is 2.53. The summed E-state index contributed by atoms with van der Waals surface area (Å²) in [4.78, 5) is 4.41. The highest BCUT2D eigenvalue weighted by atomic mass is 16.5. The number of fused-ring (bicyclic) bond motifs is 1. The first kappa shape index (κ1) is 13.6. The molecule has 3 aromatic rings. The summed E-state index contributed by atoms with van der Waals surface area (Å²) in [6.45, 7) is 0.465. The first-order valence-electron chi connectivity index (χ1n) is 6.66. The molecule has 3 rings (SSSR count). The van der Waals surface area contributed by atoms with Gasteiger partial charge in [-0.25, -0.2) is 4.98 Å². The summed E-state index contributed by atoms with van der Waals surface area (Å²) in [7, 11) is -1.47. The SMILES string of the molecule is OB(O)c1ccc2nc(OCc3ccccc3)ccc2c1. The number of pyridine rings is 1. The molecule has 1 aromatic heterocycles. The zero-order valence-electron chi connectivity index (χ0n) is 11.3. The van der Waals surface area contributed by atoms with Gasteiger partial charge in [-0.3, -0.25) is 0 Å². The van der Waals surface area contributed by atoms with Crippen molar-refractivity contribution in [2.24, 2.45) is 0 Å². The molecule has 0 bridgehead atoms. The van der Waals surface area contributed by atoms with E-state index in [0.29, 0.717) is 17.9 Å². The van der Waals surface area contributed by atoms with Gasteiger partial charge in [-0.2, -0.15) is 0 Å². The van der Waals surface area contributed by atoms with Gasteiger partial charge in [0.25, 0.3) is 0 Å². The highest BCUT2D eigenvalue weighted by molar-refractivity contribution is 6.58. The van der Waals surface area contributed by atoms with Crippen LogP contribution in [0.25, 0.3) is 10.9 Å². The Kier molecular flexibility index (Phi) is 3.86. The smallest absolute Gasteiger partial charge is 0.473 e. The van der Waals surface area contributed by atoms with Crippen LogP contribution in [0.2, 0.25) is 0 Å². The predicted molar refractivity (Wildman–Crippen MR) is 82.3 cm³/mol. The lowest BCUT2D eigenvalue weighted by Crippen LogP contribution is -2.29. The second kappa shape index (κ2) is 5.95. The normalized spacial score (nSPS) is 10.6. The van der Waals surface area contributed by atoms with Gasteiger partial charge < -0.3 is 14.8 Å². The molecule has 0 radical (unpaired) electrons. The minimum Gasteiger partial charge on any atom is -0.473 e. The summed E-state index contributed by atoms with van der Waals surface area (Å²) >= 11 is 0. The molecule has 0 amide bonds. The molecule has 0 aliphatic carbocycles. The lowest BCUT2D eigenvalue weighted by Gasteiger charge is -2.07. The fourth-order valence-electron chi connectivity index (χ4n) is 2.10. The van der Waals surface area contributed by atoms with Crippen LogP contribution in [-0.2, 0) is 6.61 Å². The fraction of sp³-hybridized carbons (Fsp3) is 0.0625. The van der Waals surface area contributed by atoms with E-state index in [4.69, 9.17) is 14.8 Å². The fourth-order valence-corrected chi connectivity index (χ4v) is 2.10. The van der Waals surface area contributed by atoms with Crippen molar-refractivity contribution in [2.75, 3.05) is 0 Å². The van der Waals surface area contributed by atoms with Crippen LogP contribution < -0.4 is 10.2 Å². The lowest BCUT2D eigenvalue weighted by molar-refractivity contribution is 0.295. The summed E-state index contributed by atoms with van der Waals surface area (Å²) in [5, 5.41) is 19.2. The Labute approximate surface area is 122 Å². The Bertz CT molecular complexity index is 747. The van der Waals surface area contributed by atoms with Crippen molar-refractivity contribution in [1.29, 1.82) is 0 Å². The van der Waals surface area contributed by atoms with Gasteiger partial charge in [0.05, 0.1) is 5.52 Å². The van der Waals surface area contributed by atoms with Gasteiger partial charge in [0.15, 0.2) is 0 Å². The van der Waals surface area contributed by atoms with Gasteiger partial charge in [0, 0.05) is 11.5 Å². The van der Waals surface area contributed by atoms with Crippen LogP contribution in [0.15, 0.2) is 60.7 Å². The van der Waals surface area contributed by atoms with Crippen LogP contribution in [-0.4, -0.2) is 22.2 Å². The van der Waals surface area contributed by atoms with Crippen LogP contribution >= 0.6 is 0 Å². The van der Waals surface area contributed by atoms with Crippen LogP contribution in [0, 0.1) is 0 Å². The number of ether oxygens (including phenoxy) is 1. The molecule has 2 N–H and O–H groups in total. The molecule has 2 aromatic carbocycles. The Balaban J connectivity index is 1.79. The zero-order valence-corrected chi connectivity index (χ0v) is 11.3. The Morgan fingerprint density at radius 1 is 0.952 bits per heavy atom. The second-order valence-electron chi connectivity index (χ2n) is 4.75. The van der Waals surface area contributed by atoms with Crippen molar-refractivity contribution >= 4 is 23.5 Å². The topological polar surface area (TPSA) is 62.6 Å². The highest BCUT2D eigenvalue weighted by Crippen LogP contribution is 2.16. The van der Waals surface area contributed by atoms with Crippen LogP contribution in [0.5, 0.6) is 5.88 Å². The first-order chi connectivity index (χ1) is 10.2. The van der Waals surface area contributed by atoms with E-state index in [-0.39, 0.29) is 0 Å². The minimum atomic E-state index is -1.47. The number of aromatic nitrogens is 1. The Hall–Kier alpha value is -2.37. The molecule has 0 aliphatic rings. The molecule has 5 heteroatoms. The van der Waals surface area contributed by atoms with Crippen LogP contribution in [0.4, 0.5) is 0 Å². The third kappa shape index (κ3) is 3.21. The first-order valence-corrected chi connectivity index (χ1v) is 6.66. The molecule has 0 saturated heterocycles. The molecule has 4 nitrogen and oxygen atoms in total. The molecule has 0 fully saturated rings. The van der Waals surface area contributed by atoms with Gasteiger partial charge in [-0.15, -0.1) is 0 Å². The predicted octanol–water partition coefficient (Wildman–Crippen LogP) is 1.49. The molecular formula is C16H14BNO3. The third-order valence-corrected chi connectivity index (χ3v) is 3.22. The molecule has 0 spiro atoms. The van der Waals surface area contributed by atoms with E-state index < -0.39 is 7.12 Å². The van der Waals surface area contributed by atoms with E-state index in [1.54, 1.807) is 24.3 Å². The number of hydrogen-bond donors (Lipinski definition) is 2. The van der Waals surface area contributed by atoms with E-state index in [9.17, 15) is 0 Å². The molecule has 104 valence electrons. The second-order valence-corrected chi connectivity index (χ2v) is 4.75. The van der Waals surface area contributed by atoms with Crippen molar-refractivity contribution < 1.29 is 14.8 Å². The number of hydrogen-bond acceptors (Lipinski definition) is 4. The largest absolute Gasteiger partial charge is 0.488 e. The zero-order chi connectivity index (χ0) is 14.7. The van der Waals surface area contributed by atoms with Crippen LogP contribution in [0.3, 0.4) is 0 Å². The van der Waals surface area contributed by atoms with Gasteiger partial charge in [0.1, 0.15) is 6.61 Å². The molecule has 0 unspecified atom stereocenters. The minimum absolute atomic E-state index is 0.447. The summed E-state index contributed by atoms with van der Waals surface area (Å²) in [5.74, 6) is 0.545. The standard InChI is InChI=1S/C16H14BNO3/c19-17(20)14-7-8-15-13(10-14)6-9-16(18-15)21-11-12-4-2-1-3-5-12/h1-10,19-20H,11H2. The van der Waals surface area contributed by atoms with Gasteiger partial charge in [-0.1, -0.05) is 42.5 Å². The van der Waals surface area contributed by atoms with E-state index >= 15 is 0 Å².